The summed E-state index contributed by atoms with van der Waals surface area (Å²) in [6, 6.07) is 30.2. The lowest BCUT2D eigenvalue weighted by molar-refractivity contribution is -0.124. The van der Waals surface area contributed by atoms with Crippen molar-refractivity contribution in [3.8, 4) is 6.07 Å². The van der Waals surface area contributed by atoms with Gasteiger partial charge in [-0.15, -0.1) is 0 Å². The fraction of sp³-hybridized carbons (Fsp3) is 0.130. The lowest BCUT2D eigenvalue weighted by atomic mass is 9.74. The lowest BCUT2D eigenvalue weighted by Gasteiger charge is -2.28. The molecule has 0 radical (unpaired) electrons. The Hall–Kier alpha value is -3.38. The standard InChI is InChI=1S/C23H20N2O/c1-18(19-11-5-2-6-12-19)25-22(26)23(17-24,20-13-7-3-8-14-20)21-15-9-4-10-16-21/h2-16,18H,1H3,(H,25,26). The van der Waals surface area contributed by atoms with E-state index in [9.17, 15) is 10.1 Å². The average Bonchev–Trinajstić information content (AvgIpc) is 2.71. The monoisotopic (exact) mass is 340 g/mol. The number of nitrogens with one attached hydrogen (secondary N) is 1. The van der Waals surface area contributed by atoms with Crippen LogP contribution in [0.15, 0.2) is 91.0 Å². The van der Waals surface area contributed by atoms with E-state index in [0.717, 1.165) is 5.56 Å². The van der Waals surface area contributed by atoms with Gasteiger partial charge in [0.2, 0.25) is 5.91 Å². The Bertz CT molecular complexity index is 860. The van der Waals surface area contributed by atoms with Crippen LogP contribution in [0.3, 0.4) is 0 Å². The van der Waals surface area contributed by atoms with E-state index < -0.39 is 5.41 Å². The van der Waals surface area contributed by atoms with Gasteiger partial charge < -0.3 is 5.32 Å². The van der Waals surface area contributed by atoms with Crippen molar-refractivity contribution in [2.24, 2.45) is 0 Å². The molecular weight excluding hydrogens is 320 g/mol. The van der Waals surface area contributed by atoms with Gasteiger partial charge in [0.05, 0.1) is 12.1 Å². The number of hydrogen-bond donors (Lipinski definition) is 1. The average molecular weight is 340 g/mol. The molecule has 128 valence electrons. The van der Waals surface area contributed by atoms with Crippen molar-refractivity contribution in [1.29, 1.82) is 5.26 Å². The number of nitrogens with zero attached hydrogens (tertiary/aromatic N) is 1. The molecule has 26 heavy (non-hydrogen) atoms. The molecule has 3 rings (SSSR count). The fourth-order valence-corrected chi connectivity index (χ4v) is 3.11. The van der Waals surface area contributed by atoms with Gasteiger partial charge >= 0.3 is 0 Å². The molecule has 0 spiro atoms. The molecule has 0 aliphatic rings. The van der Waals surface area contributed by atoms with E-state index in [2.05, 4.69) is 11.4 Å². The second-order valence-electron chi connectivity index (χ2n) is 6.20. The minimum atomic E-state index is -1.40. The van der Waals surface area contributed by atoms with Gasteiger partial charge in [0.25, 0.3) is 0 Å². The summed E-state index contributed by atoms with van der Waals surface area (Å²) in [5.41, 5.74) is 0.915. The zero-order valence-corrected chi connectivity index (χ0v) is 14.6. The van der Waals surface area contributed by atoms with E-state index in [4.69, 9.17) is 0 Å². The molecule has 3 nitrogen and oxygen atoms in total. The Morgan fingerprint density at radius 2 is 1.27 bits per heavy atom. The van der Waals surface area contributed by atoms with Gasteiger partial charge in [0.15, 0.2) is 5.41 Å². The molecule has 0 aliphatic heterocycles. The first-order valence-corrected chi connectivity index (χ1v) is 8.56. The number of rotatable bonds is 5. The van der Waals surface area contributed by atoms with Crippen LogP contribution in [0.5, 0.6) is 0 Å². The highest BCUT2D eigenvalue weighted by molar-refractivity contribution is 5.95. The molecule has 1 N–H and O–H groups in total. The lowest BCUT2D eigenvalue weighted by Crippen LogP contribution is -2.45. The van der Waals surface area contributed by atoms with Gasteiger partial charge in [0, 0.05) is 0 Å². The molecule has 0 saturated heterocycles. The molecule has 3 heteroatoms. The molecule has 0 saturated carbocycles. The molecule has 3 aromatic carbocycles. The van der Waals surface area contributed by atoms with Crippen molar-refractivity contribution in [3.05, 3.63) is 108 Å². The number of benzene rings is 3. The van der Waals surface area contributed by atoms with E-state index >= 15 is 0 Å². The van der Waals surface area contributed by atoms with Crippen molar-refractivity contribution in [3.63, 3.8) is 0 Å². The van der Waals surface area contributed by atoms with Crippen molar-refractivity contribution >= 4 is 5.91 Å². The van der Waals surface area contributed by atoms with Crippen LogP contribution in [0.25, 0.3) is 0 Å². The van der Waals surface area contributed by atoms with Crippen LogP contribution in [0.1, 0.15) is 29.7 Å². The van der Waals surface area contributed by atoms with Crippen LogP contribution in [-0.4, -0.2) is 5.91 Å². The predicted molar refractivity (Wildman–Crippen MR) is 102 cm³/mol. The first kappa shape index (κ1) is 17.4. The Labute approximate surface area is 153 Å². The SMILES string of the molecule is CC(NC(=O)C(C#N)(c1ccccc1)c1ccccc1)c1ccccc1. The van der Waals surface area contributed by atoms with Crippen molar-refractivity contribution in [2.75, 3.05) is 0 Å². The molecular formula is C23H20N2O. The van der Waals surface area contributed by atoms with Crippen LogP contribution in [-0.2, 0) is 10.2 Å². The summed E-state index contributed by atoms with van der Waals surface area (Å²) in [7, 11) is 0. The molecule has 1 unspecified atom stereocenters. The third kappa shape index (κ3) is 3.22. The van der Waals surface area contributed by atoms with Gasteiger partial charge in [-0.2, -0.15) is 5.26 Å². The zero-order chi connectivity index (χ0) is 18.4. The summed E-state index contributed by atoms with van der Waals surface area (Å²) < 4.78 is 0. The second kappa shape index (κ2) is 7.67. The van der Waals surface area contributed by atoms with E-state index in [-0.39, 0.29) is 11.9 Å². The summed E-state index contributed by atoms with van der Waals surface area (Å²) in [6.07, 6.45) is 0. The molecule has 0 aliphatic carbocycles. The maximum atomic E-state index is 13.3. The van der Waals surface area contributed by atoms with Crippen molar-refractivity contribution in [1.82, 2.24) is 5.32 Å². The molecule has 0 heterocycles. The van der Waals surface area contributed by atoms with Gasteiger partial charge in [0.1, 0.15) is 0 Å². The number of amides is 1. The van der Waals surface area contributed by atoms with Crippen LogP contribution in [0.2, 0.25) is 0 Å². The summed E-state index contributed by atoms with van der Waals surface area (Å²) in [6.45, 7) is 1.92. The van der Waals surface area contributed by atoms with Gasteiger partial charge in [-0.1, -0.05) is 91.0 Å². The van der Waals surface area contributed by atoms with Crippen LogP contribution in [0.4, 0.5) is 0 Å². The van der Waals surface area contributed by atoms with Crippen LogP contribution < -0.4 is 5.32 Å². The Kier molecular flexibility index (Phi) is 5.15. The second-order valence-corrected chi connectivity index (χ2v) is 6.20. The largest absolute Gasteiger partial charge is 0.348 e. The minimum Gasteiger partial charge on any atom is -0.348 e. The summed E-state index contributed by atoms with van der Waals surface area (Å²) in [5, 5.41) is 13.2. The third-order valence-electron chi connectivity index (χ3n) is 4.57. The van der Waals surface area contributed by atoms with Gasteiger partial charge in [-0.3, -0.25) is 4.79 Å². The Morgan fingerprint density at radius 3 is 1.69 bits per heavy atom. The molecule has 0 fully saturated rings. The molecule has 3 aromatic rings. The van der Waals surface area contributed by atoms with Crippen LogP contribution in [0, 0.1) is 11.3 Å². The minimum absolute atomic E-state index is 0.205. The van der Waals surface area contributed by atoms with Crippen molar-refractivity contribution in [2.45, 2.75) is 18.4 Å². The summed E-state index contributed by atoms with van der Waals surface area (Å²) >= 11 is 0. The normalized spacial score (nSPS) is 12.0. The van der Waals surface area contributed by atoms with Crippen LogP contribution >= 0.6 is 0 Å². The number of hydrogen-bond acceptors (Lipinski definition) is 2. The number of carbonyl (C=O) groups is 1. The maximum absolute atomic E-state index is 13.3. The van der Waals surface area contributed by atoms with Crippen molar-refractivity contribution < 1.29 is 4.79 Å². The highest BCUT2D eigenvalue weighted by atomic mass is 16.2. The summed E-state index contributed by atoms with van der Waals surface area (Å²) in [5.74, 6) is -0.325. The smallest absolute Gasteiger partial charge is 0.250 e. The van der Waals surface area contributed by atoms with E-state index in [0.29, 0.717) is 11.1 Å². The highest BCUT2D eigenvalue weighted by Crippen LogP contribution is 2.33. The number of carbonyl (C=O) groups excluding carboxylic acids is 1. The predicted octanol–water partition coefficient (Wildman–Crippen LogP) is 4.37. The maximum Gasteiger partial charge on any atom is 0.250 e. The third-order valence-corrected chi connectivity index (χ3v) is 4.57. The first-order valence-electron chi connectivity index (χ1n) is 8.56. The Balaban J connectivity index is 2.04. The quantitative estimate of drug-likeness (QED) is 0.749. The first-order chi connectivity index (χ1) is 12.7. The van der Waals surface area contributed by atoms with E-state index in [1.54, 1.807) is 0 Å². The highest BCUT2D eigenvalue weighted by Gasteiger charge is 2.43. The molecule has 0 bridgehead atoms. The van der Waals surface area contributed by atoms with E-state index in [1.165, 1.54) is 0 Å². The molecule has 1 amide bonds. The van der Waals surface area contributed by atoms with Gasteiger partial charge in [-0.25, -0.2) is 0 Å². The molecule has 0 aromatic heterocycles. The Morgan fingerprint density at radius 1 is 0.846 bits per heavy atom. The number of nitriles is 1. The van der Waals surface area contributed by atoms with E-state index in [1.807, 2.05) is 97.9 Å². The fourth-order valence-electron chi connectivity index (χ4n) is 3.11. The topological polar surface area (TPSA) is 52.9 Å². The molecule has 1 atom stereocenters. The van der Waals surface area contributed by atoms with Gasteiger partial charge in [-0.05, 0) is 23.6 Å². The zero-order valence-electron chi connectivity index (χ0n) is 14.6. The summed E-state index contributed by atoms with van der Waals surface area (Å²) in [4.78, 5) is 13.3.